The molecule has 2 N–H and O–H groups in total. The van der Waals surface area contributed by atoms with Crippen molar-refractivity contribution in [3.8, 4) is 0 Å². The molecule has 23 heavy (non-hydrogen) atoms. The summed E-state index contributed by atoms with van der Waals surface area (Å²) in [6.07, 6.45) is -1.62. The predicted molar refractivity (Wildman–Crippen MR) is 79.4 cm³/mol. The summed E-state index contributed by atoms with van der Waals surface area (Å²) in [7, 11) is 0. The van der Waals surface area contributed by atoms with Gasteiger partial charge in [-0.2, -0.15) is 13.2 Å². The van der Waals surface area contributed by atoms with Gasteiger partial charge in [0.15, 0.2) is 0 Å². The molecule has 4 nitrogen and oxygen atoms in total. The summed E-state index contributed by atoms with van der Waals surface area (Å²) in [5, 5.41) is 0.110. The average Bonchev–Trinajstić information content (AvgIpc) is 2.95. The molecule has 1 aromatic carbocycles. The van der Waals surface area contributed by atoms with Crippen LogP contribution in [-0.2, 0) is 15.8 Å². The normalized spacial score (nSPS) is 18.6. The third-order valence-corrected chi connectivity index (χ3v) is 3.98. The fourth-order valence-electron chi connectivity index (χ4n) is 2.31. The summed E-state index contributed by atoms with van der Waals surface area (Å²) in [4.78, 5) is 24.5. The number of hydrogen-bond donors (Lipinski definition) is 1. The van der Waals surface area contributed by atoms with Crippen LogP contribution in [0.2, 0.25) is 5.02 Å². The van der Waals surface area contributed by atoms with Gasteiger partial charge in [-0.1, -0.05) is 11.6 Å². The summed E-state index contributed by atoms with van der Waals surface area (Å²) < 4.78 is 38.0. The van der Waals surface area contributed by atoms with Crippen molar-refractivity contribution in [2.24, 2.45) is 11.7 Å². The van der Waals surface area contributed by atoms with Gasteiger partial charge in [-0.05, 0) is 36.3 Å². The van der Waals surface area contributed by atoms with Gasteiger partial charge in [-0.15, -0.1) is 0 Å². The van der Waals surface area contributed by atoms with Crippen LogP contribution in [0, 0.1) is 5.92 Å². The van der Waals surface area contributed by atoms with Crippen molar-refractivity contribution in [3.63, 3.8) is 0 Å². The maximum Gasteiger partial charge on any atom is 0.416 e. The quantitative estimate of drug-likeness (QED) is 0.855. The number of hydrogen-bond acceptors (Lipinski definition) is 2. The average molecular weight is 347 g/mol. The second-order valence-electron chi connectivity index (χ2n) is 5.24. The fraction of sp³-hybridized carbons (Fsp3) is 0.333. The van der Waals surface area contributed by atoms with E-state index in [1.165, 1.54) is 11.0 Å². The molecular weight excluding hydrogens is 333 g/mol. The van der Waals surface area contributed by atoms with Crippen LogP contribution < -0.4 is 5.73 Å². The van der Waals surface area contributed by atoms with E-state index in [1.807, 2.05) is 0 Å². The Morgan fingerprint density at radius 3 is 2.61 bits per heavy atom. The third-order valence-electron chi connectivity index (χ3n) is 3.63. The van der Waals surface area contributed by atoms with Gasteiger partial charge in [-0.3, -0.25) is 9.59 Å². The molecule has 0 radical (unpaired) electrons. The van der Waals surface area contributed by atoms with E-state index in [2.05, 4.69) is 0 Å². The van der Waals surface area contributed by atoms with Crippen LogP contribution in [0.4, 0.5) is 13.2 Å². The van der Waals surface area contributed by atoms with E-state index in [0.29, 0.717) is 13.0 Å². The van der Waals surface area contributed by atoms with Gasteiger partial charge in [0.2, 0.25) is 11.8 Å². The second-order valence-corrected chi connectivity index (χ2v) is 5.65. The zero-order valence-corrected chi connectivity index (χ0v) is 12.7. The van der Waals surface area contributed by atoms with E-state index in [-0.39, 0.29) is 23.0 Å². The highest BCUT2D eigenvalue weighted by molar-refractivity contribution is 6.32. The first-order valence-corrected chi connectivity index (χ1v) is 7.19. The lowest BCUT2D eigenvalue weighted by molar-refractivity contribution is -0.137. The van der Waals surface area contributed by atoms with Crippen LogP contribution in [0.5, 0.6) is 0 Å². The van der Waals surface area contributed by atoms with E-state index < -0.39 is 23.6 Å². The van der Waals surface area contributed by atoms with Crippen LogP contribution in [0.3, 0.4) is 0 Å². The molecule has 1 saturated heterocycles. The standard InChI is InChI=1S/C15H14ClF3N2O2/c16-12-3-2-11(15(17,18)19)7-9(12)1-4-13(22)21-6-5-10(8-21)14(20)23/h1-4,7,10H,5-6,8H2,(H2,20,23)/b4-1-/t10-/m0/s1. The lowest BCUT2D eigenvalue weighted by Crippen LogP contribution is -2.30. The summed E-state index contributed by atoms with van der Waals surface area (Å²) in [5.41, 5.74) is 4.44. The minimum Gasteiger partial charge on any atom is -0.369 e. The molecule has 1 aromatic rings. The Hall–Kier alpha value is -2.02. The van der Waals surface area contributed by atoms with Gasteiger partial charge >= 0.3 is 6.18 Å². The highest BCUT2D eigenvalue weighted by atomic mass is 35.5. The number of alkyl halides is 3. The van der Waals surface area contributed by atoms with E-state index in [1.54, 1.807) is 0 Å². The Bertz CT molecular complexity index is 659. The zero-order chi connectivity index (χ0) is 17.2. The van der Waals surface area contributed by atoms with E-state index in [9.17, 15) is 22.8 Å². The summed E-state index contributed by atoms with van der Waals surface area (Å²) in [5.74, 6) is -1.25. The number of benzene rings is 1. The minimum atomic E-state index is -4.49. The largest absolute Gasteiger partial charge is 0.416 e. The summed E-state index contributed by atoms with van der Waals surface area (Å²) in [6, 6.07) is 2.88. The first kappa shape index (κ1) is 17.3. The van der Waals surface area contributed by atoms with Crippen LogP contribution >= 0.6 is 11.6 Å². The van der Waals surface area contributed by atoms with Crippen molar-refractivity contribution in [3.05, 3.63) is 40.4 Å². The molecule has 0 bridgehead atoms. The summed E-state index contributed by atoms with van der Waals surface area (Å²) in [6.45, 7) is 0.599. The maximum atomic E-state index is 12.7. The van der Waals surface area contributed by atoms with E-state index in [0.717, 1.165) is 24.3 Å². The van der Waals surface area contributed by atoms with Gasteiger partial charge in [0, 0.05) is 24.2 Å². The predicted octanol–water partition coefficient (Wildman–Crippen LogP) is 2.71. The van der Waals surface area contributed by atoms with Crippen molar-refractivity contribution in [1.82, 2.24) is 4.90 Å². The Morgan fingerprint density at radius 1 is 1.35 bits per heavy atom. The lowest BCUT2D eigenvalue weighted by atomic mass is 10.1. The monoisotopic (exact) mass is 346 g/mol. The molecule has 0 aliphatic carbocycles. The molecule has 1 aliphatic rings. The fourth-order valence-corrected chi connectivity index (χ4v) is 2.49. The highest BCUT2D eigenvalue weighted by Gasteiger charge is 2.31. The second kappa shape index (κ2) is 6.62. The van der Waals surface area contributed by atoms with Gasteiger partial charge in [0.1, 0.15) is 0 Å². The number of carbonyl (C=O) groups excluding carboxylic acids is 2. The van der Waals surface area contributed by atoms with Gasteiger partial charge in [0.25, 0.3) is 0 Å². The molecular formula is C15H14ClF3N2O2. The molecule has 1 aliphatic heterocycles. The van der Waals surface area contributed by atoms with Crippen LogP contribution in [0.15, 0.2) is 24.3 Å². The van der Waals surface area contributed by atoms with Crippen molar-refractivity contribution >= 4 is 29.5 Å². The zero-order valence-electron chi connectivity index (χ0n) is 11.9. The molecule has 124 valence electrons. The van der Waals surface area contributed by atoms with Crippen LogP contribution in [-0.4, -0.2) is 29.8 Å². The molecule has 1 atom stereocenters. The SMILES string of the molecule is NC(=O)[C@H]1CCN(C(=O)/C=C\c2cc(C(F)(F)F)ccc2Cl)C1. The van der Waals surface area contributed by atoms with Gasteiger partial charge in [-0.25, -0.2) is 0 Å². The minimum absolute atomic E-state index is 0.0977. The Kier molecular flexibility index (Phi) is 4.99. The number of amides is 2. The Balaban J connectivity index is 2.11. The molecule has 0 saturated carbocycles. The number of nitrogens with two attached hydrogens (primary N) is 1. The van der Waals surface area contributed by atoms with E-state index in [4.69, 9.17) is 17.3 Å². The van der Waals surface area contributed by atoms with E-state index >= 15 is 0 Å². The van der Waals surface area contributed by atoms with Crippen molar-refractivity contribution in [2.45, 2.75) is 12.6 Å². The molecule has 2 amide bonds. The number of likely N-dealkylation sites (tertiary alicyclic amines) is 1. The molecule has 0 spiro atoms. The van der Waals surface area contributed by atoms with Crippen LogP contribution in [0.1, 0.15) is 17.5 Å². The van der Waals surface area contributed by atoms with Crippen molar-refractivity contribution in [1.29, 1.82) is 0 Å². The van der Waals surface area contributed by atoms with Crippen molar-refractivity contribution in [2.75, 3.05) is 13.1 Å². The number of nitrogens with zero attached hydrogens (tertiary/aromatic N) is 1. The maximum absolute atomic E-state index is 12.7. The van der Waals surface area contributed by atoms with Gasteiger partial charge < -0.3 is 10.6 Å². The smallest absolute Gasteiger partial charge is 0.369 e. The lowest BCUT2D eigenvalue weighted by Gasteiger charge is -2.13. The van der Waals surface area contributed by atoms with Gasteiger partial charge in [0.05, 0.1) is 11.5 Å². The van der Waals surface area contributed by atoms with Crippen molar-refractivity contribution < 1.29 is 22.8 Å². The molecule has 2 rings (SSSR count). The third kappa shape index (κ3) is 4.25. The molecule has 0 unspecified atom stereocenters. The number of halogens is 4. The molecule has 1 fully saturated rings. The number of carbonyl (C=O) groups is 2. The Labute approximate surface area is 135 Å². The number of primary amides is 1. The first-order chi connectivity index (χ1) is 10.7. The topological polar surface area (TPSA) is 63.4 Å². The molecule has 1 heterocycles. The first-order valence-electron chi connectivity index (χ1n) is 6.81. The molecule has 8 heteroatoms. The Morgan fingerprint density at radius 2 is 2.04 bits per heavy atom. The summed E-state index contributed by atoms with van der Waals surface area (Å²) >= 11 is 5.85. The molecule has 0 aromatic heterocycles. The number of rotatable bonds is 3. The highest BCUT2D eigenvalue weighted by Crippen LogP contribution is 2.32. The van der Waals surface area contributed by atoms with Crippen LogP contribution in [0.25, 0.3) is 6.08 Å².